The molecule has 0 atom stereocenters. The Labute approximate surface area is 222 Å². The Morgan fingerprint density at radius 1 is 1.03 bits per heavy atom. The number of benzene rings is 3. The molecule has 3 aromatic carbocycles. The van der Waals surface area contributed by atoms with Crippen LogP contribution in [0.15, 0.2) is 75.2 Å². The number of methoxy groups -OCH3 is 1. The Balaban J connectivity index is 1.70. The van der Waals surface area contributed by atoms with Crippen LogP contribution in [0.2, 0.25) is 5.02 Å². The van der Waals surface area contributed by atoms with Gasteiger partial charge in [-0.2, -0.15) is 0 Å². The quantitative estimate of drug-likeness (QED) is 0.265. The highest BCUT2D eigenvalue weighted by atomic mass is 79.9. The number of imide groups is 2. The van der Waals surface area contributed by atoms with Crippen molar-refractivity contribution in [1.29, 1.82) is 0 Å². The van der Waals surface area contributed by atoms with E-state index in [0.29, 0.717) is 36.7 Å². The first kappa shape index (κ1) is 25.0. The molecule has 0 aliphatic carbocycles. The molecule has 0 radical (unpaired) electrons. The van der Waals surface area contributed by atoms with E-state index in [0.717, 1.165) is 10.5 Å². The summed E-state index contributed by atoms with van der Waals surface area (Å²) in [5.74, 6) is -0.595. The minimum Gasteiger partial charge on any atom is -0.497 e. The van der Waals surface area contributed by atoms with Crippen LogP contribution in [0.25, 0.3) is 6.08 Å². The van der Waals surface area contributed by atoms with Crippen LogP contribution in [0.4, 0.5) is 10.5 Å². The van der Waals surface area contributed by atoms with E-state index in [1.54, 1.807) is 48.5 Å². The molecule has 0 unspecified atom stereocenters. The fourth-order valence-electron chi connectivity index (χ4n) is 3.40. The van der Waals surface area contributed by atoms with Gasteiger partial charge in [-0.3, -0.25) is 14.9 Å². The molecule has 1 aliphatic rings. The van der Waals surface area contributed by atoms with Crippen LogP contribution in [0.5, 0.6) is 11.5 Å². The molecule has 4 amide bonds. The van der Waals surface area contributed by atoms with Crippen molar-refractivity contribution in [2.75, 3.05) is 12.0 Å². The van der Waals surface area contributed by atoms with Crippen LogP contribution >= 0.6 is 43.5 Å². The zero-order valence-electron chi connectivity index (χ0n) is 18.2. The molecular formula is C25H17Br2ClN2O5. The molecule has 0 spiro atoms. The predicted octanol–water partition coefficient (Wildman–Crippen LogP) is 6.12. The number of urea groups is 1. The summed E-state index contributed by atoms with van der Waals surface area (Å²) in [5, 5.41) is 2.80. The normalized spacial score (nSPS) is 14.8. The molecule has 0 bridgehead atoms. The van der Waals surface area contributed by atoms with Gasteiger partial charge in [0.05, 0.1) is 17.3 Å². The lowest BCUT2D eigenvalue weighted by Crippen LogP contribution is -2.54. The second-order valence-electron chi connectivity index (χ2n) is 7.38. The number of halogens is 3. The van der Waals surface area contributed by atoms with Gasteiger partial charge in [-0.05, 0) is 76.1 Å². The first-order valence-corrected chi connectivity index (χ1v) is 12.1. The molecule has 4 rings (SSSR count). The summed E-state index contributed by atoms with van der Waals surface area (Å²) in [6, 6.07) is 16.2. The molecule has 1 heterocycles. The number of carbonyl (C=O) groups is 3. The summed E-state index contributed by atoms with van der Waals surface area (Å²) in [6.45, 7) is 0.202. The summed E-state index contributed by atoms with van der Waals surface area (Å²) in [7, 11) is 1.51. The van der Waals surface area contributed by atoms with Gasteiger partial charge in [-0.1, -0.05) is 39.7 Å². The fourth-order valence-corrected chi connectivity index (χ4v) is 4.99. The largest absolute Gasteiger partial charge is 0.497 e. The number of amides is 4. The highest BCUT2D eigenvalue weighted by Gasteiger charge is 2.37. The van der Waals surface area contributed by atoms with Gasteiger partial charge in [0.1, 0.15) is 23.7 Å². The zero-order valence-corrected chi connectivity index (χ0v) is 22.1. The number of nitrogens with zero attached hydrogens (tertiary/aromatic N) is 1. The topological polar surface area (TPSA) is 84.9 Å². The molecule has 0 saturated carbocycles. The van der Waals surface area contributed by atoms with Crippen LogP contribution in [0, 0.1) is 0 Å². The van der Waals surface area contributed by atoms with Crippen molar-refractivity contribution >= 4 is 73.1 Å². The maximum atomic E-state index is 13.3. The van der Waals surface area contributed by atoms with Gasteiger partial charge in [0.15, 0.2) is 0 Å². The number of carbonyl (C=O) groups excluding carboxylic acids is 3. The first-order valence-electron chi connectivity index (χ1n) is 10.2. The lowest BCUT2D eigenvalue weighted by atomic mass is 10.1. The molecule has 1 aliphatic heterocycles. The summed E-state index contributed by atoms with van der Waals surface area (Å²) in [5.41, 5.74) is 1.36. The van der Waals surface area contributed by atoms with Gasteiger partial charge in [0.25, 0.3) is 11.8 Å². The van der Waals surface area contributed by atoms with Gasteiger partial charge in [0.2, 0.25) is 0 Å². The third kappa shape index (κ3) is 5.58. The van der Waals surface area contributed by atoms with Gasteiger partial charge >= 0.3 is 6.03 Å². The van der Waals surface area contributed by atoms with Crippen molar-refractivity contribution in [3.05, 3.63) is 91.3 Å². The van der Waals surface area contributed by atoms with E-state index < -0.39 is 17.8 Å². The summed E-state index contributed by atoms with van der Waals surface area (Å²) < 4.78 is 12.4. The molecule has 178 valence electrons. The molecule has 3 aromatic rings. The van der Waals surface area contributed by atoms with E-state index in [-0.39, 0.29) is 12.2 Å². The van der Waals surface area contributed by atoms with E-state index in [1.165, 1.54) is 13.2 Å². The van der Waals surface area contributed by atoms with E-state index in [9.17, 15) is 14.4 Å². The van der Waals surface area contributed by atoms with Crippen LogP contribution in [0.3, 0.4) is 0 Å². The van der Waals surface area contributed by atoms with Crippen molar-refractivity contribution in [2.45, 2.75) is 6.61 Å². The first-order chi connectivity index (χ1) is 16.8. The van der Waals surface area contributed by atoms with E-state index in [2.05, 4.69) is 37.2 Å². The van der Waals surface area contributed by atoms with Crippen molar-refractivity contribution in [3.63, 3.8) is 0 Å². The maximum absolute atomic E-state index is 13.3. The Kier molecular flexibility index (Phi) is 7.59. The van der Waals surface area contributed by atoms with Gasteiger partial charge in [-0.15, -0.1) is 0 Å². The number of nitrogens with one attached hydrogen (secondary N) is 1. The number of anilines is 1. The zero-order chi connectivity index (χ0) is 25.1. The average Bonchev–Trinajstić information content (AvgIpc) is 2.81. The Bertz CT molecular complexity index is 1360. The number of ether oxygens (including phenoxy) is 2. The van der Waals surface area contributed by atoms with Crippen molar-refractivity contribution in [2.24, 2.45) is 0 Å². The molecule has 10 heteroatoms. The number of barbiturate groups is 1. The lowest BCUT2D eigenvalue weighted by molar-refractivity contribution is -0.122. The standard InChI is InChI=1S/C25H17Br2ClN2O5/c1-34-19-7-5-18(6-8-19)30-24(32)20(23(31)29-25(30)33)11-15-10-16(26)12-21(27)22(15)35-13-14-3-2-4-17(28)9-14/h2-12H,13H2,1H3,(H,29,31,33)/b20-11+. The van der Waals surface area contributed by atoms with E-state index in [4.69, 9.17) is 21.1 Å². The van der Waals surface area contributed by atoms with E-state index in [1.807, 2.05) is 12.1 Å². The fraction of sp³-hybridized carbons (Fsp3) is 0.0800. The van der Waals surface area contributed by atoms with Gasteiger partial charge in [-0.25, -0.2) is 9.69 Å². The molecule has 1 saturated heterocycles. The summed E-state index contributed by atoms with van der Waals surface area (Å²) >= 11 is 13.0. The monoisotopic (exact) mass is 618 g/mol. The smallest absolute Gasteiger partial charge is 0.335 e. The lowest BCUT2D eigenvalue weighted by Gasteiger charge is -2.26. The third-order valence-electron chi connectivity index (χ3n) is 5.04. The minimum absolute atomic E-state index is 0.202. The van der Waals surface area contributed by atoms with Crippen molar-refractivity contribution in [1.82, 2.24) is 5.32 Å². The molecule has 7 nitrogen and oxygen atoms in total. The second kappa shape index (κ2) is 10.6. The van der Waals surface area contributed by atoms with Crippen molar-refractivity contribution in [3.8, 4) is 11.5 Å². The molecule has 35 heavy (non-hydrogen) atoms. The van der Waals surface area contributed by atoms with Gasteiger partial charge < -0.3 is 9.47 Å². The Morgan fingerprint density at radius 2 is 1.77 bits per heavy atom. The summed E-state index contributed by atoms with van der Waals surface area (Å²) in [4.78, 5) is 39.3. The average molecular weight is 621 g/mol. The van der Waals surface area contributed by atoms with Crippen LogP contribution in [-0.4, -0.2) is 25.0 Å². The van der Waals surface area contributed by atoms with Crippen LogP contribution in [-0.2, 0) is 16.2 Å². The molecule has 1 fully saturated rings. The number of rotatable bonds is 6. The van der Waals surface area contributed by atoms with Gasteiger partial charge in [0, 0.05) is 15.1 Å². The Morgan fingerprint density at radius 3 is 2.46 bits per heavy atom. The van der Waals surface area contributed by atoms with Crippen LogP contribution in [0.1, 0.15) is 11.1 Å². The maximum Gasteiger partial charge on any atom is 0.335 e. The third-order valence-corrected chi connectivity index (χ3v) is 6.32. The minimum atomic E-state index is -0.838. The predicted molar refractivity (Wildman–Crippen MR) is 140 cm³/mol. The highest BCUT2D eigenvalue weighted by Crippen LogP contribution is 2.36. The summed E-state index contributed by atoms with van der Waals surface area (Å²) in [6.07, 6.45) is 1.39. The number of hydrogen-bond donors (Lipinski definition) is 1. The molecule has 0 aromatic heterocycles. The SMILES string of the molecule is COc1ccc(N2C(=O)NC(=O)/C(=C\c3cc(Br)cc(Br)c3OCc3cccc(Cl)c3)C2=O)cc1. The molecular weight excluding hydrogens is 604 g/mol. The van der Waals surface area contributed by atoms with E-state index >= 15 is 0 Å². The van der Waals surface area contributed by atoms with Crippen LogP contribution < -0.4 is 19.7 Å². The number of hydrogen-bond acceptors (Lipinski definition) is 5. The second-order valence-corrected chi connectivity index (χ2v) is 9.59. The highest BCUT2D eigenvalue weighted by molar-refractivity contribution is 9.11. The molecule has 1 N–H and O–H groups in total. The van der Waals surface area contributed by atoms with Crippen molar-refractivity contribution < 1.29 is 23.9 Å². The Hall–Kier alpha value is -3.14.